The van der Waals surface area contributed by atoms with Crippen molar-refractivity contribution in [2.24, 2.45) is 5.41 Å². The van der Waals surface area contributed by atoms with Crippen LogP contribution in [0, 0.1) is 5.41 Å². The van der Waals surface area contributed by atoms with E-state index < -0.39 is 16.9 Å². The SMILES string of the molecule is O=C1c2ccccc2C(=O)C12[C@@H](c1ccccc1Cl)[C@@H]1CSCN1[C@@]21C(=O)Nc2ccc(Cl)cc21. The molecule has 2 saturated heterocycles. The number of rotatable bonds is 1. The van der Waals surface area contributed by atoms with Crippen LogP contribution in [-0.2, 0) is 10.3 Å². The first-order chi connectivity index (χ1) is 16.9. The topological polar surface area (TPSA) is 66.5 Å². The standard InChI is InChI=1S/C27H18Cl2N2O3S/c28-14-9-10-20-18(11-14)27(25(34)30-20)26(23(32)15-5-1-2-6-16(15)24(26)33)22(21-12-35-13-31(21)27)17-7-3-4-8-19(17)29/h1-11,21-22H,12-13H2,(H,30,34)/t21-,22-,27-/m0/s1. The van der Waals surface area contributed by atoms with E-state index in [0.29, 0.717) is 49.6 Å². The van der Waals surface area contributed by atoms with Gasteiger partial charge in [-0.05, 0) is 29.8 Å². The predicted octanol–water partition coefficient (Wildman–Crippen LogP) is 5.38. The number of hydrogen-bond acceptors (Lipinski definition) is 5. The first-order valence-corrected chi connectivity index (χ1v) is 13.2. The summed E-state index contributed by atoms with van der Waals surface area (Å²) in [6.07, 6.45) is 0. The Kier molecular flexibility index (Phi) is 4.45. The third kappa shape index (κ3) is 2.35. The van der Waals surface area contributed by atoms with Gasteiger partial charge in [0.2, 0.25) is 0 Å². The lowest BCUT2D eigenvalue weighted by Gasteiger charge is -2.42. The summed E-state index contributed by atoms with van der Waals surface area (Å²) in [5.74, 6) is -0.472. The minimum Gasteiger partial charge on any atom is -0.324 e. The van der Waals surface area contributed by atoms with Gasteiger partial charge >= 0.3 is 0 Å². The zero-order chi connectivity index (χ0) is 24.1. The Labute approximate surface area is 215 Å². The molecule has 3 heterocycles. The number of amides is 1. The Morgan fingerprint density at radius 2 is 1.60 bits per heavy atom. The molecule has 0 saturated carbocycles. The molecule has 3 aliphatic heterocycles. The molecule has 0 unspecified atom stereocenters. The number of benzene rings is 3. The van der Waals surface area contributed by atoms with Crippen LogP contribution in [0.1, 0.15) is 37.8 Å². The summed E-state index contributed by atoms with van der Waals surface area (Å²) in [5, 5.41) is 3.91. The van der Waals surface area contributed by atoms with Gasteiger partial charge < -0.3 is 5.32 Å². The van der Waals surface area contributed by atoms with Crippen LogP contribution in [0.4, 0.5) is 5.69 Å². The molecule has 3 atom stereocenters. The van der Waals surface area contributed by atoms with Crippen molar-refractivity contribution in [3.63, 3.8) is 0 Å². The predicted molar refractivity (Wildman–Crippen MR) is 136 cm³/mol. The van der Waals surface area contributed by atoms with Gasteiger partial charge in [-0.25, -0.2) is 0 Å². The number of ketones is 2. The van der Waals surface area contributed by atoms with E-state index in [0.717, 1.165) is 0 Å². The fraction of sp³-hybridized carbons (Fsp3) is 0.222. The van der Waals surface area contributed by atoms with Gasteiger partial charge in [0.25, 0.3) is 5.91 Å². The smallest absolute Gasteiger partial charge is 0.251 e. The van der Waals surface area contributed by atoms with Crippen molar-refractivity contribution in [3.05, 3.63) is 99.0 Å². The summed E-state index contributed by atoms with van der Waals surface area (Å²) in [6.45, 7) is 0. The van der Waals surface area contributed by atoms with Gasteiger partial charge in [-0.3, -0.25) is 19.3 Å². The zero-order valence-corrected chi connectivity index (χ0v) is 20.6. The first-order valence-electron chi connectivity index (χ1n) is 11.3. The van der Waals surface area contributed by atoms with Gasteiger partial charge in [0.1, 0.15) is 5.41 Å². The van der Waals surface area contributed by atoms with Crippen molar-refractivity contribution in [3.8, 4) is 0 Å². The molecule has 35 heavy (non-hydrogen) atoms. The van der Waals surface area contributed by atoms with Gasteiger partial charge in [-0.1, -0.05) is 65.7 Å². The quantitative estimate of drug-likeness (QED) is 0.436. The van der Waals surface area contributed by atoms with E-state index in [2.05, 4.69) is 10.2 Å². The molecular formula is C27H18Cl2N2O3S. The molecule has 3 aromatic carbocycles. The lowest BCUT2D eigenvalue weighted by molar-refractivity contribution is -0.129. The van der Waals surface area contributed by atoms with Crippen molar-refractivity contribution in [2.45, 2.75) is 17.5 Å². The van der Waals surface area contributed by atoms with Crippen molar-refractivity contribution in [2.75, 3.05) is 16.9 Å². The molecule has 8 heteroatoms. The molecule has 0 bridgehead atoms. The molecule has 0 radical (unpaired) electrons. The second kappa shape index (κ2) is 7.20. The van der Waals surface area contributed by atoms with Gasteiger partial charge in [-0.2, -0.15) is 0 Å². The molecule has 7 rings (SSSR count). The highest BCUT2D eigenvalue weighted by molar-refractivity contribution is 7.99. The van der Waals surface area contributed by atoms with Crippen LogP contribution in [0.25, 0.3) is 0 Å². The van der Waals surface area contributed by atoms with Crippen LogP contribution in [0.3, 0.4) is 0 Å². The number of nitrogens with one attached hydrogen (secondary N) is 1. The van der Waals surface area contributed by atoms with Crippen LogP contribution >= 0.6 is 35.0 Å². The first kappa shape index (κ1) is 21.6. The minimum absolute atomic E-state index is 0.252. The average Bonchev–Trinajstić information content (AvgIpc) is 3.55. The second-order valence-electron chi connectivity index (χ2n) is 9.40. The highest BCUT2D eigenvalue weighted by Crippen LogP contribution is 2.70. The van der Waals surface area contributed by atoms with Gasteiger partial charge in [0, 0.05) is 56.0 Å². The number of anilines is 1. The molecule has 2 spiro atoms. The van der Waals surface area contributed by atoms with Crippen molar-refractivity contribution in [1.82, 2.24) is 4.90 Å². The fourth-order valence-electron chi connectivity index (χ4n) is 6.94. The summed E-state index contributed by atoms with van der Waals surface area (Å²) in [7, 11) is 0. The van der Waals surface area contributed by atoms with E-state index in [1.807, 2.05) is 18.2 Å². The van der Waals surface area contributed by atoms with Crippen LogP contribution < -0.4 is 5.32 Å². The van der Waals surface area contributed by atoms with Gasteiger partial charge in [0.05, 0.1) is 0 Å². The Hall–Kier alpha value is -2.64. The highest BCUT2D eigenvalue weighted by Gasteiger charge is 2.82. The third-order valence-electron chi connectivity index (χ3n) is 8.09. The molecule has 0 aromatic heterocycles. The Balaban J connectivity index is 1.65. The number of Topliss-reactive ketones (excluding diaryl/α,β-unsaturated/α-hetero) is 2. The van der Waals surface area contributed by atoms with Crippen molar-refractivity contribution < 1.29 is 14.4 Å². The second-order valence-corrected chi connectivity index (χ2v) is 11.2. The van der Waals surface area contributed by atoms with E-state index in [-0.39, 0.29) is 23.5 Å². The van der Waals surface area contributed by atoms with E-state index >= 15 is 0 Å². The van der Waals surface area contributed by atoms with Crippen LogP contribution in [0.2, 0.25) is 10.0 Å². The minimum atomic E-state index is -1.71. The number of nitrogens with zero attached hydrogens (tertiary/aromatic N) is 1. The molecule has 1 aliphatic carbocycles. The molecule has 1 N–H and O–H groups in total. The van der Waals surface area contributed by atoms with Gasteiger partial charge in [0.15, 0.2) is 17.1 Å². The highest BCUT2D eigenvalue weighted by atomic mass is 35.5. The zero-order valence-electron chi connectivity index (χ0n) is 18.3. The van der Waals surface area contributed by atoms with Crippen LogP contribution in [0.15, 0.2) is 66.7 Å². The molecule has 1 amide bonds. The molecular weight excluding hydrogens is 503 g/mol. The lowest BCUT2D eigenvalue weighted by Crippen LogP contribution is -2.60. The maximum atomic E-state index is 14.6. The average molecular weight is 521 g/mol. The summed E-state index contributed by atoms with van der Waals surface area (Å²) < 4.78 is 0. The molecule has 5 nitrogen and oxygen atoms in total. The largest absolute Gasteiger partial charge is 0.324 e. The summed E-state index contributed by atoms with van der Waals surface area (Å²) >= 11 is 14.9. The monoisotopic (exact) mass is 520 g/mol. The summed E-state index contributed by atoms with van der Waals surface area (Å²) in [5.41, 5.74) is -0.693. The maximum absolute atomic E-state index is 14.6. The molecule has 3 aromatic rings. The number of carbonyl (C=O) groups excluding carboxylic acids is 3. The fourth-order valence-corrected chi connectivity index (χ4v) is 8.67. The van der Waals surface area contributed by atoms with Crippen LogP contribution in [0.5, 0.6) is 0 Å². The van der Waals surface area contributed by atoms with E-state index in [9.17, 15) is 14.4 Å². The lowest BCUT2D eigenvalue weighted by atomic mass is 9.57. The number of thioether (sulfide) groups is 1. The number of fused-ring (bicyclic) bond motifs is 6. The summed E-state index contributed by atoms with van der Waals surface area (Å²) in [4.78, 5) is 45.6. The van der Waals surface area contributed by atoms with Crippen molar-refractivity contribution in [1.29, 1.82) is 0 Å². The van der Waals surface area contributed by atoms with E-state index in [4.69, 9.17) is 23.2 Å². The van der Waals surface area contributed by atoms with Crippen LogP contribution in [-0.4, -0.2) is 40.0 Å². The molecule has 4 aliphatic rings. The van der Waals surface area contributed by atoms with E-state index in [1.54, 1.807) is 60.3 Å². The Morgan fingerprint density at radius 1 is 0.914 bits per heavy atom. The number of hydrogen-bond donors (Lipinski definition) is 1. The van der Waals surface area contributed by atoms with Crippen molar-refractivity contribution >= 4 is 58.1 Å². The maximum Gasteiger partial charge on any atom is 0.251 e. The Morgan fingerprint density at radius 3 is 2.31 bits per heavy atom. The Bertz CT molecular complexity index is 1460. The summed E-state index contributed by atoms with van der Waals surface area (Å²) in [6, 6.07) is 19.2. The van der Waals surface area contributed by atoms with Gasteiger partial charge in [-0.15, -0.1) is 11.8 Å². The number of halogens is 2. The molecule has 174 valence electrons. The normalized spacial score (nSPS) is 28.0. The third-order valence-corrected chi connectivity index (χ3v) is 9.71. The number of carbonyl (C=O) groups is 3. The van der Waals surface area contributed by atoms with E-state index in [1.165, 1.54) is 0 Å². The molecule has 2 fully saturated rings.